The second-order valence-electron chi connectivity index (χ2n) is 8.54. The van der Waals surface area contributed by atoms with Crippen molar-refractivity contribution in [1.29, 1.82) is 0 Å². The van der Waals surface area contributed by atoms with Gasteiger partial charge in [-0.15, -0.1) is 0 Å². The van der Waals surface area contributed by atoms with Gasteiger partial charge >= 0.3 is 11.9 Å². The zero-order valence-electron chi connectivity index (χ0n) is 19.5. The van der Waals surface area contributed by atoms with Crippen molar-refractivity contribution in [2.75, 3.05) is 20.8 Å². The first-order valence-electron chi connectivity index (χ1n) is 11.5. The molecular weight excluding hydrogens is 428 g/mol. The third-order valence-corrected chi connectivity index (χ3v) is 6.07. The third-order valence-electron chi connectivity index (χ3n) is 6.07. The fraction of sp³-hybridized carbons (Fsp3) is 0.625. The summed E-state index contributed by atoms with van der Waals surface area (Å²) in [5.41, 5.74) is 0.948. The second kappa shape index (κ2) is 13.7. The quantitative estimate of drug-likeness (QED) is 0.258. The van der Waals surface area contributed by atoms with Crippen LogP contribution >= 0.6 is 0 Å². The van der Waals surface area contributed by atoms with Crippen LogP contribution in [0.15, 0.2) is 18.2 Å². The first-order valence-corrected chi connectivity index (χ1v) is 11.5. The number of phenolic OH excluding ortho intramolecular Hbond substituents is 1. The van der Waals surface area contributed by atoms with Crippen LogP contribution in [0.1, 0.15) is 56.9 Å². The highest BCUT2D eigenvalue weighted by atomic mass is 16.5. The van der Waals surface area contributed by atoms with Crippen molar-refractivity contribution in [1.82, 2.24) is 10.6 Å². The van der Waals surface area contributed by atoms with Crippen LogP contribution in [0.5, 0.6) is 11.5 Å². The number of hydrogen-bond acceptors (Lipinski definition) is 7. The predicted molar refractivity (Wildman–Crippen MR) is 122 cm³/mol. The molecule has 1 aliphatic rings. The van der Waals surface area contributed by atoms with Gasteiger partial charge < -0.3 is 30.3 Å². The molecule has 0 heterocycles. The van der Waals surface area contributed by atoms with Gasteiger partial charge in [0.05, 0.1) is 26.7 Å². The summed E-state index contributed by atoms with van der Waals surface area (Å²) in [5, 5.41) is 24.7. The number of esters is 1. The van der Waals surface area contributed by atoms with Crippen LogP contribution in [-0.2, 0) is 25.5 Å². The highest BCUT2D eigenvalue weighted by molar-refractivity contribution is 5.90. The average Bonchev–Trinajstić information content (AvgIpc) is 2.81. The first-order chi connectivity index (χ1) is 15.8. The summed E-state index contributed by atoms with van der Waals surface area (Å²) in [7, 11) is 2.76. The molecule has 0 spiro atoms. The SMILES string of the molecule is COC(=O)[C@@H](CC1CCCCC1)NC(=O)[C@@H](CC(=O)O)NCCCc1ccc(O)c(OC)c1. The van der Waals surface area contributed by atoms with E-state index in [4.69, 9.17) is 9.47 Å². The molecule has 184 valence electrons. The summed E-state index contributed by atoms with van der Waals surface area (Å²) in [5.74, 6) is -1.34. The van der Waals surface area contributed by atoms with Gasteiger partial charge in [-0.1, -0.05) is 38.2 Å². The number of benzene rings is 1. The van der Waals surface area contributed by atoms with Gasteiger partial charge in [0.25, 0.3) is 0 Å². The lowest BCUT2D eigenvalue weighted by Gasteiger charge is -2.27. The Labute approximate surface area is 194 Å². The van der Waals surface area contributed by atoms with Gasteiger partial charge in [0.1, 0.15) is 6.04 Å². The van der Waals surface area contributed by atoms with Crippen molar-refractivity contribution in [3.05, 3.63) is 23.8 Å². The molecule has 4 N–H and O–H groups in total. The smallest absolute Gasteiger partial charge is 0.328 e. The van der Waals surface area contributed by atoms with E-state index in [2.05, 4.69) is 10.6 Å². The molecule has 0 aliphatic heterocycles. The predicted octanol–water partition coefficient (Wildman–Crippen LogP) is 2.39. The third kappa shape index (κ3) is 8.92. The molecule has 33 heavy (non-hydrogen) atoms. The number of hydrogen-bond donors (Lipinski definition) is 4. The van der Waals surface area contributed by atoms with E-state index in [9.17, 15) is 24.6 Å². The lowest BCUT2D eigenvalue weighted by molar-refractivity contribution is -0.146. The topological polar surface area (TPSA) is 134 Å². The van der Waals surface area contributed by atoms with E-state index in [0.29, 0.717) is 37.5 Å². The van der Waals surface area contributed by atoms with E-state index in [1.807, 2.05) is 0 Å². The van der Waals surface area contributed by atoms with E-state index in [1.54, 1.807) is 18.2 Å². The molecule has 0 unspecified atom stereocenters. The van der Waals surface area contributed by atoms with Crippen LogP contribution in [0, 0.1) is 5.92 Å². The van der Waals surface area contributed by atoms with Crippen molar-refractivity contribution in [2.24, 2.45) is 5.92 Å². The number of methoxy groups -OCH3 is 2. The van der Waals surface area contributed by atoms with Crippen molar-refractivity contribution >= 4 is 17.8 Å². The van der Waals surface area contributed by atoms with E-state index < -0.39 is 36.4 Å². The Bertz CT molecular complexity index is 793. The lowest BCUT2D eigenvalue weighted by Crippen LogP contribution is -2.52. The zero-order valence-corrected chi connectivity index (χ0v) is 19.5. The summed E-state index contributed by atoms with van der Waals surface area (Å²) in [6.45, 7) is 0.403. The largest absolute Gasteiger partial charge is 0.504 e. The summed E-state index contributed by atoms with van der Waals surface area (Å²) in [6, 6.07) is 3.33. The van der Waals surface area contributed by atoms with Crippen LogP contribution < -0.4 is 15.4 Å². The Morgan fingerprint density at radius 2 is 1.85 bits per heavy atom. The summed E-state index contributed by atoms with van der Waals surface area (Å²) < 4.78 is 9.98. The first kappa shape index (κ1) is 26.4. The lowest BCUT2D eigenvalue weighted by atomic mass is 9.84. The molecule has 0 bridgehead atoms. The van der Waals surface area contributed by atoms with Crippen molar-refractivity contribution < 1.29 is 34.1 Å². The molecule has 0 aromatic heterocycles. The summed E-state index contributed by atoms with van der Waals surface area (Å²) in [6.07, 6.45) is 6.84. The minimum absolute atomic E-state index is 0.0611. The molecule has 9 heteroatoms. The Balaban J connectivity index is 1.92. The summed E-state index contributed by atoms with van der Waals surface area (Å²) >= 11 is 0. The van der Waals surface area contributed by atoms with Gasteiger partial charge in [0, 0.05) is 0 Å². The van der Waals surface area contributed by atoms with Crippen LogP contribution in [0.3, 0.4) is 0 Å². The molecule has 1 saturated carbocycles. The Hall–Kier alpha value is -2.81. The maximum absolute atomic E-state index is 12.8. The minimum Gasteiger partial charge on any atom is -0.504 e. The highest BCUT2D eigenvalue weighted by Crippen LogP contribution is 2.28. The Kier molecular flexibility index (Phi) is 11.0. The number of ether oxygens (including phenoxy) is 2. The molecule has 0 saturated heterocycles. The monoisotopic (exact) mass is 464 g/mol. The van der Waals surface area contributed by atoms with Crippen molar-refractivity contribution in [3.63, 3.8) is 0 Å². The normalized spacial score (nSPS) is 15.9. The van der Waals surface area contributed by atoms with Crippen molar-refractivity contribution in [2.45, 2.75) is 69.9 Å². The number of carboxylic acids is 1. The maximum atomic E-state index is 12.8. The molecule has 1 aliphatic carbocycles. The van der Waals surface area contributed by atoms with Gasteiger partial charge in [-0.25, -0.2) is 4.79 Å². The van der Waals surface area contributed by atoms with Gasteiger partial charge in [-0.05, 0) is 49.4 Å². The van der Waals surface area contributed by atoms with Gasteiger partial charge in [-0.2, -0.15) is 0 Å². The fourth-order valence-electron chi connectivity index (χ4n) is 4.26. The van der Waals surface area contributed by atoms with E-state index in [1.165, 1.54) is 20.6 Å². The standard InChI is InChI=1S/C24H36N2O7/c1-32-21-14-17(10-11-20(21)27)9-6-12-25-18(15-22(28)29)23(30)26-19(24(31)33-2)13-16-7-4-3-5-8-16/h10-11,14,16,18-19,25,27H,3-9,12-13,15H2,1-2H3,(H,26,30)(H,28,29)/t18-,19-/m1/s1. The summed E-state index contributed by atoms with van der Waals surface area (Å²) in [4.78, 5) is 36.4. The number of aliphatic carboxylic acids is 1. The zero-order chi connectivity index (χ0) is 24.2. The minimum atomic E-state index is -1.10. The molecule has 1 fully saturated rings. The van der Waals surface area contributed by atoms with Crippen LogP contribution in [0.25, 0.3) is 0 Å². The van der Waals surface area contributed by atoms with E-state index in [0.717, 1.165) is 31.2 Å². The number of amides is 1. The number of rotatable bonds is 13. The average molecular weight is 465 g/mol. The maximum Gasteiger partial charge on any atom is 0.328 e. The molecule has 1 amide bonds. The van der Waals surface area contributed by atoms with Gasteiger partial charge in [0.2, 0.25) is 5.91 Å². The molecule has 2 rings (SSSR count). The van der Waals surface area contributed by atoms with Crippen LogP contribution in [0.2, 0.25) is 0 Å². The highest BCUT2D eigenvalue weighted by Gasteiger charge is 2.30. The number of carbonyl (C=O) groups is 3. The van der Waals surface area contributed by atoms with Crippen LogP contribution in [0.4, 0.5) is 0 Å². The molecule has 0 radical (unpaired) electrons. The number of carboxylic acid groups (broad SMARTS) is 1. The van der Waals surface area contributed by atoms with Gasteiger partial charge in [0.15, 0.2) is 11.5 Å². The number of aromatic hydroxyl groups is 1. The number of phenols is 1. The van der Waals surface area contributed by atoms with Gasteiger partial charge in [-0.3, -0.25) is 9.59 Å². The Morgan fingerprint density at radius 1 is 1.12 bits per heavy atom. The number of carbonyl (C=O) groups excluding carboxylic acids is 2. The molecule has 9 nitrogen and oxygen atoms in total. The molecule has 1 aromatic rings. The Morgan fingerprint density at radius 3 is 2.48 bits per heavy atom. The van der Waals surface area contributed by atoms with E-state index >= 15 is 0 Å². The second-order valence-corrected chi connectivity index (χ2v) is 8.54. The van der Waals surface area contributed by atoms with Crippen LogP contribution in [-0.4, -0.2) is 60.9 Å². The van der Waals surface area contributed by atoms with Crippen molar-refractivity contribution in [3.8, 4) is 11.5 Å². The molecule has 2 atom stereocenters. The number of nitrogens with one attached hydrogen (secondary N) is 2. The molecular formula is C24H36N2O7. The molecule has 1 aromatic carbocycles. The van der Waals surface area contributed by atoms with E-state index in [-0.39, 0.29) is 5.75 Å². The fourth-order valence-corrected chi connectivity index (χ4v) is 4.26. The number of aryl methyl sites for hydroxylation is 1.